The smallest absolute Gasteiger partial charge is 0.312 e. The summed E-state index contributed by atoms with van der Waals surface area (Å²) in [6.45, 7) is 7.78. The molecule has 0 saturated heterocycles. The van der Waals surface area contributed by atoms with Crippen molar-refractivity contribution in [1.82, 2.24) is 0 Å². The molecule has 1 aliphatic carbocycles. The largest absolute Gasteiger partial charge is 0.466 e. The van der Waals surface area contributed by atoms with Crippen LogP contribution in [0.15, 0.2) is 18.2 Å². The van der Waals surface area contributed by atoms with E-state index in [4.69, 9.17) is 4.74 Å². The van der Waals surface area contributed by atoms with Crippen molar-refractivity contribution in [3.8, 4) is 0 Å². The number of aryl methyl sites for hydroxylation is 2. The number of rotatable bonds is 3. The standard InChI is InChI=1S/C17H22O3/c1-5-20-16(19)17(3,4)14-9-7-12-10-11(2)6-8-13(12)15(14)18/h6,8,10,14H,5,7,9H2,1-4H3. The van der Waals surface area contributed by atoms with Gasteiger partial charge in [0.05, 0.1) is 12.0 Å². The minimum Gasteiger partial charge on any atom is -0.466 e. The van der Waals surface area contributed by atoms with Gasteiger partial charge >= 0.3 is 5.97 Å². The highest BCUT2D eigenvalue weighted by Gasteiger charge is 2.44. The summed E-state index contributed by atoms with van der Waals surface area (Å²) in [4.78, 5) is 24.8. The van der Waals surface area contributed by atoms with E-state index in [1.165, 1.54) is 5.56 Å². The summed E-state index contributed by atoms with van der Waals surface area (Å²) in [6.07, 6.45) is 1.55. The first-order valence-corrected chi connectivity index (χ1v) is 7.19. The van der Waals surface area contributed by atoms with E-state index >= 15 is 0 Å². The SMILES string of the molecule is CCOC(=O)C(C)(C)C1CCc2cc(C)ccc2C1=O. The van der Waals surface area contributed by atoms with Gasteiger partial charge in [-0.3, -0.25) is 9.59 Å². The number of fused-ring (bicyclic) bond motifs is 1. The van der Waals surface area contributed by atoms with Gasteiger partial charge in [-0.2, -0.15) is 0 Å². The van der Waals surface area contributed by atoms with Crippen LogP contribution in [0.25, 0.3) is 0 Å². The van der Waals surface area contributed by atoms with Crippen molar-refractivity contribution in [2.24, 2.45) is 11.3 Å². The zero-order chi connectivity index (χ0) is 14.9. The van der Waals surface area contributed by atoms with E-state index in [1.807, 2.05) is 32.9 Å². The summed E-state index contributed by atoms with van der Waals surface area (Å²) in [5.74, 6) is -0.505. The number of ketones is 1. The molecular formula is C17H22O3. The Labute approximate surface area is 120 Å². The number of carbonyl (C=O) groups excluding carboxylic acids is 2. The van der Waals surface area contributed by atoms with E-state index in [9.17, 15) is 9.59 Å². The second-order valence-electron chi connectivity index (χ2n) is 6.06. The van der Waals surface area contributed by atoms with Crippen LogP contribution >= 0.6 is 0 Å². The third kappa shape index (κ3) is 2.49. The van der Waals surface area contributed by atoms with Gasteiger partial charge in [0, 0.05) is 11.5 Å². The lowest BCUT2D eigenvalue weighted by Crippen LogP contribution is -2.41. The maximum Gasteiger partial charge on any atom is 0.312 e. The number of hydrogen-bond donors (Lipinski definition) is 0. The maximum atomic E-state index is 12.7. The first kappa shape index (κ1) is 14.8. The van der Waals surface area contributed by atoms with Crippen LogP contribution < -0.4 is 0 Å². The molecule has 1 aromatic carbocycles. The molecule has 0 heterocycles. The Kier molecular flexibility index (Phi) is 3.98. The Bertz CT molecular complexity index is 543. The third-order valence-corrected chi connectivity index (χ3v) is 4.22. The number of esters is 1. The Morgan fingerprint density at radius 3 is 2.75 bits per heavy atom. The molecule has 1 unspecified atom stereocenters. The molecule has 0 aliphatic heterocycles. The fraction of sp³-hybridized carbons (Fsp3) is 0.529. The van der Waals surface area contributed by atoms with Crippen molar-refractivity contribution in [3.05, 3.63) is 34.9 Å². The molecule has 108 valence electrons. The van der Waals surface area contributed by atoms with Gasteiger partial charge in [0.2, 0.25) is 0 Å². The van der Waals surface area contributed by atoms with Gasteiger partial charge in [-0.05, 0) is 46.1 Å². The Morgan fingerprint density at radius 2 is 2.10 bits per heavy atom. The lowest BCUT2D eigenvalue weighted by molar-refractivity contribution is -0.155. The number of hydrogen-bond acceptors (Lipinski definition) is 3. The second-order valence-corrected chi connectivity index (χ2v) is 6.06. The van der Waals surface area contributed by atoms with Gasteiger partial charge in [-0.1, -0.05) is 23.8 Å². The fourth-order valence-electron chi connectivity index (χ4n) is 2.94. The number of benzene rings is 1. The molecule has 20 heavy (non-hydrogen) atoms. The Balaban J connectivity index is 2.31. The highest BCUT2D eigenvalue weighted by molar-refractivity contribution is 6.03. The van der Waals surface area contributed by atoms with E-state index < -0.39 is 5.41 Å². The molecule has 0 fully saturated rings. The lowest BCUT2D eigenvalue weighted by atomic mass is 9.68. The van der Waals surface area contributed by atoms with E-state index in [0.717, 1.165) is 17.5 Å². The normalized spacial score (nSPS) is 18.6. The molecule has 0 saturated carbocycles. The third-order valence-electron chi connectivity index (χ3n) is 4.22. The molecule has 3 nitrogen and oxygen atoms in total. The van der Waals surface area contributed by atoms with E-state index in [2.05, 4.69) is 6.07 Å². The van der Waals surface area contributed by atoms with Gasteiger partial charge in [0.15, 0.2) is 5.78 Å². The summed E-state index contributed by atoms with van der Waals surface area (Å²) in [6, 6.07) is 5.91. The summed E-state index contributed by atoms with van der Waals surface area (Å²) in [5, 5.41) is 0. The van der Waals surface area contributed by atoms with Gasteiger partial charge in [0.1, 0.15) is 0 Å². The van der Waals surface area contributed by atoms with E-state index in [0.29, 0.717) is 13.0 Å². The van der Waals surface area contributed by atoms with Crippen molar-refractivity contribution in [2.45, 2.75) is 40.5 Å². The summed E-state index contributed by atoms with van der Waals surface area (Å²) < 4.78 is 5.12. The summed E-state index contributed by atoms with van der Waals surface area (Å²) >= 11 is 0. The van der Waals surface area contributed by atoms with Gasteiger partial charge in [0.25, 0.3) is 0 Å². The van der Waals surface area contributed by atoms with Gasteiger partial charge in [-0.15, -0.1) is 0 Å². The minimum atomic E-state index is -0.768. The van der Waals surface area contributed by atoms with Crippen LogP contribution in [0, 0.1) is 18.3 Å². The summed E-state index contributed by atoms with van der Waals surface area (Å²) in [7, 11) is 0. The van der Waals surface area contributed by atoms with Crippen LogP contribution in [0.5, 0.6) is 0 Å². The molecule has 2 rings (SSSR count). The molecule has 0 aromatic heterocycles. The molecule has 1 atom stereocenters. The highest BCUT2D eigenvalue weighted by atomic mass is 16.5. The maximum absolute atomic E-state index is 12.7. The first-order valence-electron chi connectivity index (χ1n) is 7.19. The molecule has 0 bridgehead atoms. The summed E-state index contributed by atoms with van der Waals surface area (Å²) in [5.41, 5.74) is 2.27. The average molecular weight is 274 g/mol. The van der Waals surface area contributed by atoms with Crippen LogP contribution in [0.1, 0.15) is 48.7 Å². The van der Waals surface area contributed by atoms with E-state index in [1.54, 1.807) is 6.92 Å². The molecule has 0 spiro atoms. The number of Topliss-reactive ketones (excluding diaryl/α,β-unsaturated/α-hetero) is 1. The highest BCUT2D eigenvalue weighted by Crippen LogP contribution is 2.38. The van der Waals surface area contributed by atoms with Crippen molar-refractivity contribution >= 4 is 11.8 Å². The molecule has 3 heteroatoms. The minimum absolute atomic E-state index is 0.0734. The van der Waals surface area contributed by atoms with Crippen molar-refractivity contribution in [3.63, 3.8) is 0 Å². The molecular weight excluding hydrogens is 252 g/mol. The lowest BCUT2D eigenvalue weighted by Gasteiger charge is -2.34. The predicted octanol–water partition coefficient (Wildman–Crippen LogP) is 3.33. The van der Waals surface area contributed by atoms with Crippen molar-refractivity contribution in [2.75, 3.05) is 6.61 Å². The van der Waals surface area contributed by atoms with Crippen LogP contribution in [0.3, 0.4) is 0 Å². The zero-order valence-corrected chi connectivity index (χ0v) is 12.7. The number of ether oxygens (including phenoxy) is 1. The number of carbonyl (C=O) groups is 2. The average Bonchev–Trinajstić information content (AvgIpc) is 2.38. The second kappa shape index (κ2) is 5.39. The predicted molar refractivity (Wildman–Crippen MR) is 77.7 cm³/mol. The van der Waals surface area contributed by atoms with Crippen molar-refractivity contribution in [1.29, 1.82) is 0 Å². The van der Waals surface area contributed by atoms with E-state index in [-0.39, 0.29) is 17.7 Å². The van der Waals surface area contributed by atoms with Crippen molar-refractivity contribution < 1.29 is 14.3 Å². The Hall–Kier alpha value is -1.64. The molecule has 0 N–H and O–H groups in total. The van der Waals surface area contributed by atoms with Crippen LogP contribution in [0.4, 0.5) is 0 Å². The van der Waals surface area contributed by atoms with Crippen LogP contribution in [0.2, 0.25) is 0 Å². The molecule has 0 radical (unpaired) electrons. The molecule has 1 aromatic rings. The molecule has 0 amide bonds. The van der Waals surface area contributed by atoms with Crippen LogP contribution in [-0.2, 0) is 16.0 Å². The van der Waals surface area contributed by atoms with Gasteiger partial charge < -0.3 is 4.74 Å². The van der Waals surface area contributed by atoms with Crippen LogP contribution in [-0.4, -0.2) is 18.4 Å². The first-order chi connectivity index (χ1) is 9.37. The molecule has 1 aliphatic rings. The van der Waals surface area contributed by atoms with Gasteiger partial charge in [-0.25, -0.2) is 0 Å². The zero-order valence-electron chi connectivity index (χ0n) is 12.7. The Morgan fingerprint density at radius 1 is 1.40 bits per heavy atom. The fourth-order valence-corrected chi connectivity index (χ4v) is 2.94. The quantitative estimate of drug-likeness (QED) is 0.794. The monoisotopic (exact) mass is 274 g/mol. The topological polar surface area (TPSA) is 43.4 Å².